The molecule has 1 amide bonds. The van der Waals surface area contributed by atoms with Crippen molar-refractivity contribution in [2.75, 3.05) is 20.8 Å². The smallest absolute Gasteiger partial charge is 0.244 e. The Morgan fingerprint density at radius 1 is 1.13 bits per heavy atom. The first-order chi connectivity index (χ1) is 11.2. The van der Waals surface area contributed by atoms with Gasteiger partial charge in [-0.1, -0.05) is 42.5 Å². The van der Waals surface area contributed by atoms with Crippen molar-refractivity contribution in [1.29, 1.82) is 0 Å². The van der Waals surface area contributed by atoms with E-state index in [1.54, 1.807) is 20.3 Å². The molecule has 0 bridgehead atoms. The van der Waals surface area contributed by atoms with Crippen LogP contribution in [0.15, 0.2) is 60.7 Å². The summed E-state index contributed by atoms with van der Waals surface area (Å²) in [4.78, 5) is 11.9. The summed E-state index contributed by atoms with van der Waals surface area (Å²) >= 11 is 0. The molecule has 0 aliphatic carbocycles. The normalized spacial score (nSPS) is 12.1. The molecule has 0 unspecified atom stereocenters. The minimum atomic E-state index is -0.162. The van der Waals surface area contributed by atoms with Gasteiger partial charge < -0.3 is 14.8 Å². The maximum atomic E-state index is 11.9. The minimum Gasteiger partial charge on any atom is -0.497 e. The molecule has 23 heavy (non-hydrogen) atoms. The van der Waals surface area contributed by atoms with Gasteiger partial charge in [0.2, 0.25) is 5.91 Å². The summed E-state index contributed by atoms with van der Waals surface area (Å²) in [7, 11) is 3.25. The summed E-state index contributed by atoms with van der Waals surface area (Å²) in [6, 6.07) is 17.3. The summed E-state index contributed by atoms with van der Waals surface area (Å²) in [5.41, 5.74) is 1.94. The first kappa shape index (κ1) is 16.8. The van der Waals surface area contributed by atoms with Crippen LogP contribution in [0.3, 0.4) is 0 Å². The van der Waals surface area contributed by atoms with Crippen molar-refractivity contribution in [3.63, 3.8) is 0 Å². The monoisotopic (exact) mass is 311 g/mol. The highest BCUT2D eigenvalue weighted by Gasteiger charge is 2.10. The second kappa shape index (κ2) is 8.76. The third-order valence-corrected chi connectivity index (χ3v) is 3.44. The highest BCUT2D eigenvalue weighted by Crippen LogP contribution is 2.15. The Labute approximate surface area is 136 Å². The Kier molecular flexibility index (Phi) is 6.39. The molecular weight excluding hydrogens is 290 g/mol. The van der Waals surface area contributed by atoms with Crippen LogP contribution in [0.1, 0.15) is 17.2 Å². The van der Waals surface area contributed by atoms with Crippen molar-refractivity contribution in [1.82, 2.24) is 5.32 Å². The SMILES string of the molecule is COc1cccc(/C=C/C(=O)NC[C@@H](OC)c2ccccc2)c1. The zero-order valence-electron chi connectivity index (χ0n) is 13.4. The fourth-order valence-corrected chi connectivity index (χ4v) is 2.17. The Morgan fingerprint density at radius 2 is 1.91 bits per heavy atom. The zero-order valence-corrected chi connectivity index (χ0v) is 13.4. The van der Waals surface area contributed by atoms with E-state index in [0.29, 0.717) is 6.54 Å². The van der Waals surface area contributed by atoms with Gasteiger partial charge in [-0.05, 0) is 29.3 Å². The number of nitrogens with one attached hydrogen (secondary N) is 1. The van der Waals surface area contributed by atoms with Gasteiger partial charge in [0.15, 0.2) is 0 Å². The third-order valence-electron chi connectivity index (χ3n) is 3.44. The van der Waals surface area contributed by atoms with Crippen molar-refractivity contribution in [2.45, 2.75) is 6.10 Å². The Bertz CT molecular complexity index is 653. The topological polar surface area (TPSA) is 47.6 Å². The predicted molar refractivity (Wildman–Crippen MR) is 91.2 cm³/mol. The summed E-state index contributed by atoms with van der Waals surface area (Å²) in [6.45, 7) is 0.418. The molecule has 0 spiro atoms. The lowest BCUT2D eigenvalue weighted by atomic mass is 10.1. The van der Waals surface area contributed by atoms with E-state index in [1.807, 2.05) is 54.6 Å². The molecule has 2 rings (SSSR count). The second-order valence-electron chi connectivity index (χ2n) is 4.99. The van der Waals surface area contributed by atoms with Gasteiger partial charge in [-0.15, -0.1) is 0 Å². The average Bonchev–Trinajstić information content (AvgIpc) is 2.61. The fraction of sp³-hybridized carbons (Fsp3) is 0.211. The van der Waals surface area contributed by atoms with Crippen molar-refractivity contribution < 1.29 is 14.3 Å². The van der Waals surface area contributed by atoms with Gasteiger partial charge in [0.1, 0.15) is 5.75 Å². The number of amides is 1. The van der Waals surface area contributed by atoms with E-state index >= 15 is 0 Å². The number of carbonyl (C=O) groups excluding carboxylic acids is 1. The van der Waals surface area contributed by atoms with Crippen LogP contribution in [-0.4, -0.2) is 26.7 Å². The number of hydrogen-bond acceptors (Lipinski definition) is 3. The maximum absolute atomic E-state index is 11.9. The molecule has 2 aromatic rings. The molecule has 0 aliphatic rings. The number of carbonyl (C=O) groups is 1. The molecule has 4 nitrogen and oxygen atoms in total. The van der Waals surface area contributed by atoms with Gasteiger partial charge in [-0.25, -0.2) is 0 Å². The summed E-state index contributed by atoms with van der Waals surface area (Å²) in [5, 5.41) is 2.85. The molecule has 0 heterocycles. The van der Waals surface area contributed by atoms with Gasteiger partial charge in [0, 0.05) is 19.7 Å². The Hall–Kier alpha value is -2.59. The molecule has 0 saturated carbocycles. The molecular formula is C19H21NO3. The van der Waals surface area contributed by atoms with Gasteiger partial charge in [-0.2, -0.15) is 0 Å². The first-order valence-corrected chi connectivity index (χ1v) is 7.40. The van der Waals surface area contributed by atoms with Crippen LogP contribution in [0.4, 0.5) is 0 Å². The van der Waals surface area contributed by atoms with Crippen LogP contribution >= 0.6 is 0 Å². The van der Waals surface area contributed by atoms with E-state index < -0.39 is 0 Å². The van der Waals surface area contributed by atoms with Crippen molar-refractivity contribution in [3.05, 3.63) is 71.8 Å². The Morgan fingerprint density at radius 3 is 2.61 bits per heavy atom. The molecule has 0 aromatic heterocycles. The number of hydrogen-bond donors (Lipinski definition) is 1. The van der Waals surface area contributed by atoms with Crippen LogP contribution in [0.25, 0.3) is 6.08 Å². The van der Waals surface area contributed by atoms with Crippen LogP contribution < -0.4 is 10.1 Å². The highest BCUT2D eigenvalue weighted by molar-refractivity contribution is 5.91. The van der Waals surface area contributed by atoms with Crippen molar-refractivity contribution >= 4 is 12.0 Å². The molecule has 0 saturated heterocycles. The average molecular weight is 311 g/mol. The lowest BCUT2D eigenvalue weighted by molar-refractivity contribution is -0.117. The highest BCUT2D eigenvalue weighted by atomic mass is 16.5. The van der Waals surface area contributed by atoms with E-state index in [0.717, 1.165) is 16.9 Å². The van der Waals surface area contributed by atoms with E-state index in [-0.39, 0.29) is 12.0 Å². The van der Waals surface area contributed by atoms with E-state index in [9.17, 15) is 4.79 Å². The molecule has 0 fully saturated rings. The van der Waals surface area contributed by atoms with Crippen LogP contribution in [-0.2, 0) is 9.53 Å². The number of ether oxygens (including phenoxy) is 2. The maximum Gasteiger partial charge on any atom is 0.244 e. The molecule has 1 N–H and O–H groups in total. The molecule has 1 atom stereocenters. The van der Waals surface area contributed by atoms with E-state index in [4.69, 9.17) is 9.47 Å². The van der Waals surface area contributed by atoms with Gasteiger partial charge in [0.25, 0.3) is 0 Å². The third kappa shape index (κ3) is 5.27. The molecule has 0 radical (unpaired) electrons. The largest absolute Gasteiger partial charge is 0.497 e. The van der Waals surface area contributed by atoms with Gasteiger partial charge in [-0.3, -0.25) is 4.79 Å². The summed E-state index contributed by atoms with van der Waals surface area (Å²) in [6.07, 6.45) is 3.10. The number of methoxy groups -OCH3 is 2. The molecule has 4 heteroatoms. The van der Waals surface area contributed by atoms with Crippen molar-refractivity contribution in [2.24, 2.45) is 0 Å². The van der Waals surface area contributed by atoms with E-state index in [1.165, 1.54) is 6.08 Å². The summed E-state index contributed by atoms with van der Waals surface area (Å²) < 4.78 is 10.6. The van der Waals surface area contributed by atoms with E-state index in [2.05, 4.69) is 5.32 Å². The number of rotatable bonds is 7. The quantitative estimate of drug-likeness (QED) is 0.799. The fourth-order valence-electron chi connectivity index (χ4n) is 2.17. The second-order valence-corrected chi connectivity index (χ2v) is 4.99. The Balaban J connectivity index is 1.90. The standard InChI is InChI=1S/C19H21NO3/c1-22-17-10-6-7-15(13-17)11-12-19(21)20-14-18(23-2)16-8-4-3-5-9-16/h3-13,18H,14H2,1-2H3,(H,20,21)/b12-11+/t18-/m1/s1. The van der Waals surface area contributed by atoms with Crippen LogP contribution in [0.2, 0.25) is 0 Å². The van der Waals surface area contributed by atoms with Crippen LogP contribution in [0.5, 0.6) is 5.75 Å². The predicted octanol–water partition coefficient (Wildman–Crippen LogP) is 3.21. The zero-order chi connectivity index (χ0) is 16.5. The molecule has 0 aliphatic heterocycles. The summed E-state index contributed by atoms with van der Waals surface area (Å²) in [5.74, 6) is 0.599. The lowest BCUT2D eigenvalue weighted by Gasteiger charge is -2.15. The van der Waals surface area contributed by atoms with Gasteiger partial charge in [0.05, 0.1) is 13.2 Å². The van der Waals surface area contributed by atoms with Crippen molar-refractivity contribution in [3.8, 4) is 5.75 Å². The first-order valence-electron chi connectivity index (χ1n) is 7.40. The molecule has 2 aromatic carbocycles. The van der Waals surface area contributed by atoms with Crippen LogP contribution in [0, 0.1) is 0 Å². The molecule has 120 valence electrons. The lowest BCUT2D eigenvalue weighted by Crippen LogP contribution is -2.27. The minimum absolute atomic E-state index is 0.161. The number of benzene rings is 2. The van der Waals surface area contributed by atoms with Gasteiger partial charge >= 0.3 is 0 Å².